The number of carbonyl (C=O) groups is 1. The lowest BCUT2D eigenvalue weighted by molar-refractivity contribution is -0.116. The van der Waals surface area contributed by atoms with Crippen molar-refractivity contribution in [1.29, 1.82) is 0 Å². The average Bonchev–Trinajstić information content (AvgIpc) is 2.20. The van der Waals surface area contributed by atoms with Gasteiger partial charge in [0.15, 0.2) is 5.78 Å². The molecule has 0 unspecified atom stereocenters. The van der Waals surface area contributed by atoms with E-state index in [1.54, 1.807) is 0 Å². The van der Waals surface area contributed by atoms with E-state index < -0.39 is 0 Å². The molecule has 0 spiro atoms. The van der Waals surface area contributed by atoms with Crippen LogP contribution in [0.25, 0.3) is 0 Å². The molecule has 1 aliphatic heterocycles. The van der Waals surface area contributed by atoms with Crippen molar-refractivity contribution in [2.24, 2.45) is 11.8 Å². The number of likely N-dealkylation sites (tertiary alicyclic amines) is 1. The Morgan fingerprint density at radius 2 is 1.75 bits per heavy atom. The molecule has 1 aliphatic carbocycles. The second kappa shape index (κ2) is 5.03. The molecular weight excluding hydrogens is 198 g/mol. The van der Waals surface area contributed by atoms with Gasteiger partial charge in [0.1, 0.15) is 0 Å². The maximum atomic E-state index is 11.7. The second-order valence-corrected chi connectivity index (χ2v) is 5.68. The molecule has 2 nitrogen and oxygen atoms in total. The number of rotatable bonds is 1. The van der Waals surface area contributed by atoms with Gasteiger partial charge in [0, 0.05) is 31.3 Å². The van der Waals surface area contributed by atoms with Crippen molar-refractivity contribution < 1.29 is 4.79 Å². The Hall–Kier alpha value is -0.790. The van der Waals surface area contributed by atoms with Crippen LogP contribution >= 0.6 is 0 Å². The monoisotopic (exact) mass is 221 g/mol. The first-order valence-corrected chi connectivity index (χ1v) is 6.63. The number of piperidine rings is 1. The van der Waals surface area contributed by atoms with Crippen LogP contribution in [0.3, 0.4) is 0 Å². The largest absolute Gasteiger partial charge is 0.377 e. The summed E-state index contributed by atoms with van der Waals surface area (Å²) in [7, 11) is 0. The third-order valence-corrected chi connectivity index (χ3v) is 3.69. The van der Waals surface area contributed by atoms with Crippen LogP contribution in [0.2, 0.25) is 0 Å². The predicted molar refractivity (Wildman–Crippen MR) is 66.1 cm³/mol. The number of allylic oxidation sites excluding steroid dienone is 1. The summed E-state index contributed by atoms with van der Waals surface area (Å²) in [5.41, 5.74) is 1.08. The lowest BCUT2D eigenvalue weighted by Crippen LogP contribution is -2.35. The first kappa shape index (κ1) is 11.7. The van der Waals surface area contributed by atoms with Crippen LogP contribution in [0, 0.1) is 11.8 Å². The van der Waals surface area contributed by atoms with E-state index in [9.17, 15) is 4.79 Å². The second-order valence-electron chi connectivity index (χ2n) is 5.68. The van der Waals surface area contributed by atoms with Crippen LogP contribution in [0.1, 0.15) is 46.0 Å². The Kier molecular flexibility index (Phi) is 3.67. The van der Waals surface area contributed by atoms with Gasteiger partial charge in [0.25, 0.3) is 0 Å². The molecule has 1 saturated heterocycles. The number of nitrogens with zero attached hydrogens (tertiary/aromatic N) is 1. The van der Waals surface area contributed by atoms with Gasteiger partial charge in [-0.25, -0.2) is 0 Å². The summed E-state index contributed by atoms with van der Waals surface area (Å²) in [6, 6.07) is 0. The molecule has 2 heteroatoms. The van der Waals surface area contributed by atoms with Gasteiger partial charge in [0.2, 0.25) is 0 Å². The molecule has 1 heterocycles. The van der Waals surface area contributed by atoms with Crippen molar-refractivity contribution in [1.82, 2.24) is 4.90 Å². The third-order valence-electron chi connectivity index (χ3n) is 3.69. The van der Waals surface area contributed by atoms with Gasteiger partial charge >= 0.3 is 0 Å². The van der Waals surface area contributed by atoms with E-state index in [2.05, 4.69) is 24.9 Å². The van der Waals surface area contributed by atoms with E-state index in [0.717, 1.165) is 49.8 Å². The topological polar surface area (TPSA) is 20.3 Å². The molecule has 90 valence electrons. The summed E-state index contributed by atoms with van der Waals surface area (Å²) in [4.78, 5) is 14.1. The maximum Gasteiger partial charge on any atom is 0.160 e. The molecule has 1 saturated carbocycles. The summed E-state index contributed by atoms with van der Waals surface area (Å²) in [5.74, 6) is 1.91. The van der Waals surface area contributed by atoms with E-state index >= 15 is 0 Å². The van der Waals surface area contributed by atoms with Crippen molar-refractivity contribution in [2.75, 3.05) is 13.1 Å². The van der Waals surface area contributed by atoms with Crippen LogP contribution in [0.5, 0.6) is 0 Å². The van der Waals surface area contributed by atoms with Gasteiger partial charge in [-0.3, -0.25) is 4.79 Å². The number of hydrogen-bond acceptors (Lipinski definition) is 2. The van der Waals surface area contributed by atoms with Crippen molar-refractivity contribution in [3.63, 3.8) is 0 Å². The molecule has 16 heavy (non-hydrogen) atoms. The summed E-state index contributed by atoms with van der Waals surface area (Å²) in [5, 5.41) is 0. The minimum atomic E-state index is 0.386. The lowest BCUT2D eigenvalue weighted by Gasteiger charge is -2.35. The smallest absolute Gasteiger partial charge is 0.160 e. The molecular formula is C14H23NO. The van der Waals surface area contributed by atoms with E-state index in [4.69, 9.17) is 0 Å². The molecule has 0 bridgehead atoms. The van der Waals surface area contributed by atoms with Gasteiger partial charge in [-0.2, -0.15) is 0 Å². The zero-order chi connectivity index (χ0) is 11.5. The minimum Gasteiger partial charge on any atom is -0.377 e. The van der Waals surface area contributed by atoms with Gasteiger partial charge < -0.3 is 4.90 Å². The minimum absolute atomic E-state index is 0.386. The van der Waals surface area contributed by atoms with Crippen molar-refractivity contribution >= 4 is 5.78 Å². The van der Waals surface area contributed by atoms with E-state index in [0.29, 0.717) is 5.78 Å². The van der Waals surface area contributed by atoms with Crippen LogP contribution in [0.15, 0.2) is 11.8 Å². The fourth-order valence-corrected chi connectivity index (χ4v) is 3.07. The standard InChI is InChI=1S/C14H23NO/c1-11-7-12(2)9-15(8-11)10-13-5-3-4-6-14(13)16/h10-12H,3-9H2,1-2H3/b13-10+/t11-,12-/m1/s1. The normalized spacial score (nSPS) is 34.5. The molecule has 0 aromatic carbocycles. The molecule has 2 atom stereocenters. The highest BCUT2D eigenvalue weighted by Crippen LogP contribution is 2.24. The maximum absolute atomic E-state index is 11.7. The Morgan fingerprint density at radius 1 is 1.12 bits per heavy atom. The summed E-state index contributed by atoms with van der Waals surface area (Å²) >= 11 is 0. The Morgan fingerprint density at radius 3 is 2.38 bits per heavy atom. The number of ketones is 1. The first-order valence-electron chi connectivity index (χ1n) is 6.63. The molecule has 0 amide bonds. The summed E-state index contributed by atoms with van der Waals surface area (Å²) in [6.07, 6.45) is 7.53. The van der Waals surface area contributed by atoms with E-state index in [1.807, 2.05) is 0 Å². The highest BCUT2D eigenvalue weighted by Gasteiger charge is 2.22. The third kappa shape index (κ3) is 2.87. The fourth-order valence-electron chi connectivity index (χ4n) is 3.07. The van der Waals surface area contributed by atoms with Gasteiger partial charge in [-0.1, -0.05) is 13.8 Å². The number of Topliss-reactive ketones (excluding diaryl/α,β-unsaturated/α-hetero) is 1. The summed E-state index contributed by atoms with van der Waals surface area (Å²) in [6.45, 7) is 6.87. The molecule has 0 radical (unpaired) electrons. The van der Waals surface area contributed by atoms with Crippen molar-refractivity contribution in [2.45, 2.75) is 46.0 Å². The van der Waals surface area contributed by atoms with Crippen LogP contribution < -0.4 is 0 Å². The van der Waals surface area contributed by atoms with Crippen LogP contribution in [-0.4, -0.2) is 23.8 Å². The van der Waals surface area contributed by atoms with Gasteiger partial charge in [-0.15, -0.1) is 0 Å². The fraction of sp³-hybridized carbons (Fsp3) is 0.786. The zero-order valence-corrected chi connectivity index (χ0v) is 10.5. The predicted octanol–water partition coefficient (Wildman–Crippen LogP) is 2.99. The van der Waals surface area contributed by atoms with E-state index in [1.165, 1.54) is 12.8 Å². The highest BCUT2D eigenvalue weighted by molar-refractivity contribution is 5.95. The van der Waals surface area contributed by atoms with Crippen LogP contribution in [0.4, 0.5) is 0 Å². The molecule has 0 aromatic heterocycles. The molecule has 2 aliphatic rings. The molecule has 2 rings (SSSR count). The number of carbonyl (C=O) groups excluding carboxylic acids is 1. The van der Waals surface area contributed by atoms with Crippen molar-refractivity contribution in [3.8, 4) is 0 Å². The van der Waals surface area contributed by atoms with Gasteiger partial charge in [-0.05, 0) is 37.5 Å². The first-order chi connectivity index (χ1) is 7.65. The zero-order valence-electron chi connectivity index (χ0n) is 10.5. The molecule has 0 N–H and O–H groups in total. The van der Waals surface area contributed by atoms with Gasteiger partial charge in [0.05, 0.1) is 0 Å². The lowest BCUT2D eigenvalue weighted by atomic mass is 9.90. The number of hydrogen-bond donors (Lipinski definition) is 0. The van der Waals surface area contributed by atoms with Crippen molar-refractivity contribution in [3.05, 3.63) is 11.8 Å². The Labute approximate surface area is 98.7 Å². The molecule has 2 fully saturated rings. The van der Waals surface area contributed by atoms with E-state index in [-0.39, 0.29) is 0 Å². The Bertz CT molecular complexity index is 285. The van der Waals surface area contributed by atoms with Crippen LogP contribution in [-0.2, 0) is 4.79 Å². The average molecular weight is 221 g/mol. The SMILES string of the molecule is C[C@@H]1C[C@@H](C)CN(/C=C2\CCCCC2=O)C1. The Balaban J connectivity index is 2.01. The highest BCUT2D eigenvalue weighted by atomic mass is 16.1. The quantitative estimate of drug-likeness (QED) is 0.634. The summed E-state index contributed by atoms with van der Waals surface area (Å²) < 4.78 is 0. The molecule has 0 aromatic rings.